The Kier molecular flexibility index (Phi) is 4.57. The number of furan rings is 1. The van der Waals surface area contributed by atoms with Gasteiger partial charge in [-0.3, -0.25) is 9.59 Å². The second-order valence-corrected chi connectivity index (χ2v) is 3.64. The molecule has 0 aliphatic rings. The fourth-order valence-electron chi connectivity index (χ4n) is 1.48. The van der Waals surface area contributed by atoms with Crippen molar-refractivity contribution >= 4 is 12.4 Å². The molecule has 0 aliphatic carbocycles. The minimum atomic E-state index is -0.867. The fourth-order valence-corrected chi connectivity index (χ4v) is 1.48. The molecule has 1 aromatic heterocycles. The van der Waals surface area contributed by atoms with Crippen molar-refractivity contribution in [2.75, 3.05) is 0 Å². The lowest BCUT2D eigenvalue weighted by molar-refractivity contribution is -0.137. The van der Waals surface area contributed by atoms with Crippen molar-refractivity contribution in [1.82, 2.24) is 5.32 Å². The Morgan fingerprint density at radius 3 is 2.94 bits per heavy atom. The lowest BCUT2D eigenvalue weighted by atomic mass is 10.0. The normalized spacial score (nSPS) is 12.1. The van der Waals surface area contributed by atoms with Gasteiger partial charge in [0, 0.05) is 18.9 Å². The Bertz CT molecular complexity index is 359. The first-order chi connectivity index (χ1) is 7.63. The molecule has 0 spiro atoms. The van der Waals surface area contributed by atoms with E-state index in [1.54, 1.807) is 6.26 Å². The van der Waals surface area contributed by atoms with E-state index in [9.17, 15) is 9.59 Å². The molecule has 5 nitrogen and oxygen atoms in total. The standard InChI is InChI=1S/C11H15NO4/c1-8-4-5-16-10(8)6-9(12-7-13)2-3-11(14)15/h4-5,7,9H,2-3,6H2,1H3,(H,12,13)(H,14,15). The molecule has 0 saturated carbocycles. The van der Waals surface area contributed by atoms with Gasteiger partial charge in [0.05, 0.1) is 6.26 Å². The molecule has 1 atom stereocenters. The summed E-state index contributed by atoms with van der Waals surface area (Å²) in [5.74, 6) is -0.0846. The molecule has 0 bridgehead atoms. The maximum absolute atomic E-state index is 10.4. The maximum Gasteiger partial charge on any atom is 0.303 e. The molecule has 16 heavy (non-hydrogen) atoms. The Morgan fingerprint density at radius 2 is 2.44 bits per heavy atom. The molecule has 0 saturated heterocycles. The number of carbonyl (C=O) groups excluding carboxylic acids is 1. The van der Waals surface area contributed by atoms with E-state index in [0.717, 1.165) is 11.3 Å². The molecule has 5 heteroatoms. The van der Waals surface area contributed by atoms with Crippen molar-refractivity contribution in [1.29, 1.82) is 0 Å². The lowest BCUT2D eigenvalue weighted by Crippen LogP contribution is -2.30. The van der Waals surface area contributed by atoms with Crippen LogP contribution in [0.3, 0.4) is 0 Å². The highest BCUT2D eigenvalue weighted by molar-refractivity contribution is 5.66. The van der Waals surface area contributed by atoms with Crippen molar-refractivity contribution in [3.8, 4) is 0 Å². The molecule has 1 aromatic rings. The SMILES string of the molecule is Cc1ccoc1CC(CCC(=O)O)NC=O. The quantitative estimate of drug-likeness (QED) is 0.681. The lowest BCUT2D eigenvalue weighted by Gasteiger charge is -2.13. The number of hydrogen-bond donors (Lipinski definition) is 2. The van der Waals surface area contributed by atoms with Gasteiger partial charge in [0.15, 0.2) is 0 Å². The highest BCUT2D eigenvalue weighted by Crippen LogP contribution is 2.13. The minimum Gasteiger partial charge on any atom is -0.481 e. The van der Waals surface area contributed by atoms with E-state index in [4.69, 9.17) is 9.52 Å². The van der Waals surface area contributed by atoms with E-state index in [1.807, 2.05) is 13.0 Å². The van der Waals surface area contributed by atoms with Gasteiger partial charge in [-0.25, -0.2) is 0 Å². The molecular weight excluding hydrogens is 210 g/mol. The van der Waals surface area contributed by atoms with Crippen molar-refractivity contribution in [2.45, 2.75) is 32.2 Å². The first kappa shape index (κ1) is 12.3. The van der Waals surface area contributed by atoms with E-state index in [2.05, 4.69) is 5.32 Å². The third-order valence-corrected chi connectivity index (χ3v) is 2.41. The zero-order valence-electron chi connectivity index (χ0n) is 9.10. The van der Waals surface area contributed by atoms with Crippen LogP contribution >= 0.6 is 0 Å². The van der Waals surface area contributed by atoms with Crippen LogP contribution in [0, 0.1) is 6.92 Å². The van der Waals surface area contributed by atoms with E-state index in [-0.39, 0.29) is 12.5 Å². The molecule has 88 valence electrons. The second kappa shape index (κ2) is 5.95. The molecule has 1 unspecified atom stereocenters. The molecule has 0 radical (unpaired) electrons. The number of nitrogens with one attached hydrogen (secondary N) is 1. The van der Waals surface area contributed by atoms with Gasteiger partial charge in [0.25, 0.3) is 0 Å². The smallest absolute Gasteiger partial charge is 0.303 e. The zero-order valence-corrected chi connectivity index (χ0v) is 9.10. The van der Waals surface area contributed by atoms with Crippen LogP contribution in [0.25, 0.3) is 0 Å². The summed E-state index contributed by atoms with van der Waals surface area (Å²) in [6, 6.07) is 1.64. The molecule has 0 aliphatic heterocycles. The van der Waals surface area contributed by atoms with Crippen molar-refractivity contribution < 1.29 is 19.1 Å². The van der Waals surface area contributed by atoms with Crippen LogP contribution in [-0.2, 0) is 16.0 Å². The Balaban J connectivity index is 2.53. The van der Waals surface area contributed by atoms with Crippen LogP contribution in [0.15, 0.2) is 16.7 Å². The van der Waals surface area contributed by atoms with Crippen molar-refractivity contribution in [3.05, 3.63) is 23.7 Å². The predicted molar refractivity (Wildman–Crippen MR) is 57.0 cm³/mol. The number of hydrogen-bond acceptors (Lipinski definition) is 3. The number of aryl methyl sites for hydroxylation is 1. The Labute approximate surface area is 93.4 Å². The molecule has 0 fully saturated rings. The second-order valence-electron chi connectivity index (χ2n) is 3.64. The van der Waals surface area contributed by atoms with Gasteiger partial charge < -0.3 is 14.8 Å². The summed E-state index contributed by atoms with van der Waals surface area (Å²) in [5, 5.41) is 11.2. The summed E-state index contributed by atoms with van der Waals surface area (Å²) < 4.78 is 5.24. The molecule has 1 heterocycles. The summed E-state index contributed by atoms with van der Waals surface area (Å²) in [6.45, 7) is 1.91. The largest absolute Gasteiger partial charge is 0.481 e. The van der Waals surface area contributed by atoms with Gasteiger partial charge >= 0.3 is 5.97 Å². The van der Waals surface area contributed by atoms with Gasteiger partial charge in [-0.2, -0.15) is 0 Å². The van der Waals surface area contributed by atoms with Crippen LogP contribution in [0.2, 0.25) is 0 Å². The summed E-state index contributed by atoms with van der Waals surface area (Å²) >= 11 is 0. The number of aliphatic carboxylic acids is 1. The first-order valence-corrected chi connectivity index (χ1v) is 5.08. The molecule has 0 aromatic carbocycles. The van der Waals surface area contributed by atoms with Gasteiger partial charge in [0.2, 0.25) is 6.41 Å². The zero-order chi connectivity index (χ0) is 12.0. The number of carboxylic acids is 1. The molecular formula is C11H15NO4. The Hall–Kier alpha value is -1.78. The van der Waals surface area contributed by atoms with E-state index < -0.39 is 5.97 Å². The molecule has 1 rings (SSSR count). The van der Waals surface area contributed by atoms with Crippen LogP contribution in [0.5, 0.6) is 0 Å². The van der Waals surface area contributed by atoms with Crippen LogP contribution in [-0.4, -0.2) is 23.5 Å². The van der Waals surface area contributed by atoms with E-state index >= 15 is 0 Å². The number of amides is 1. The average molecular weight is 225 g/mol. The number of carboxylic acid groups (broad SMARTS) is 1. The summed E-state index contributed by atoms with van der Waals surface area (Å²) in [7, 11) is 0. The topological polar surface area (TPSA) is 79.5 Å². The van der Waals surface area contributed by atoms with Gasteiger partial charge in [0.1, 0.15) is 5.76 Å². The molecule has 1 amide bonds. The summed E-state index contributed by atoms with van der Waals surface area (Å²) in [4.78, 5) is 20.8. The average Bonchev–Trinajstić information content (AvgIpc) is 2.61. The van der Waals surface area contributed by atoms with E-state index in [1.165, 1.54) is 0 Å². The highest BCUT2D eigenvalue weighted by atomic mass is 16.4. The monoisotopic (exact) mass is 225 g/mol. The predicted octanol–water partition coefficient (Wildman–Crippen LogP) is 1.11. The summed E-state index contributed by atoms with van der Waals surface area (Å²) in [5.41, 5.74) is 1.01. The minimum absolute atomic E-state index is 0.0330. The van der Waals surface area contributed by atoms with Crippen LogP contribution < -0.4 is 5.32 Å². The van der Waals surface area contributed by atoms with Gasteiger partial charge in [-0.1, -0.05) is 0 Å². The Morgan fingerprint density at radius 1 is 1.69 bits per heavy atom. The van der Waals surface area contributed by atoms with Crippen LogP contribution in [0.4, 0.5) is 0 Å². The number of carbonyl (C=O) groups is 2. The third-order valence-electron chi connectivity index (χ3n) is 2.41. The molecule has 2 N–H and O–H groups in total. The summed E-state index contributed by atoms with van der Waals surface area (Å²) in [6.07, 6.45) is 3.12. The third kappa shape index (κ3) is 3.76. The van der Waals surface area contributed by atoms with Gasteiger partial charge in [-0.15, -0.1) is 0 Å². The fraction of sp³-hybridized carbons (Fsp3) is 0.455. The highest BCUT2D eigenvalue weighted by Gasteiger charge is 2.13. The van der Waals surface area contributed by atoms with Crippen LogP contribution in [0.1, 0.15) is 24.2 Å². The van der Waals surface area contributed by atoms with E-state index in [0.29, 0.717) is 19.3 Å². The van der Waals surface area contributed by atoms with Crippen molar-refractivity contribution in [2.24, 2.45) is 0 Å². The van der Waals surface area contributed by atoms with Crippen molar-refractivity contribution in [3.63, 3.8) is 0 Å². The first-order valence-electron chi connectivity index (χ1n) is 5.08. The maximum atomic E-state index is 10.4. The number of rotatable bonds is 7. The van der Waals surface area contributed by atoms with Gasteiger partial charge in [-0.05, 0) is 25.0 Å².